The first-order valence-corrected chi connectivity index (χ1v) is 9.25. The lowest BCUT2D eigenvalue weighted by Gasteiger charge is -2.29. The molecule has 0 bridgehead atoms. The largest absolute Gasteiger partial charge is 0.486 e. The summed E-state index contributed by atoms with van der Waals surface area (Å²) in [5, 5.41) is 8.69. The average molecular weight is 399 g/mol. The van der Waals surface area contributed by atoms with Gasteiger partial charge in [-0.15, -0.1) is 5.10 Å². The first kappa shape index (κ1) is 18.3. The molecule has 1 atom stereocenters. The second-order valence-corrected chi connectivity index (χ2v) is 6.98. The number of para-hydroxylation sites is 2. The molecule has 144 valence electrons. The van der Waals surface area contributed by atoms with Crippen LogP contribution in [0.15, 0.2) is 54.7 Å². The Morgan fingerprint density at radius 1 is 1.21 bits per heavy atom. The van der Waals surface area contributed by atoms with Crippen LogP contribution in [0.4, 0.5) is 0 Å². The smallest absolute Gasteiger partial charge is 0.275 e. The Labute approximate surface area is 167 Å². The molecule has 0 saturated heterocycles. The molecule has 3 aromatic rings. The van der Waals surface area contributed by atoms with Gasteiger partial charge in [0.2, 0.25) is 0 Å². The van der Waals surface area contributed by atoms with Gasteiger partial charge in [-0.25, -0.2) is 4.68 Å². The van der Waals surface area contributed by atoms with E-state index >= 15 is 0 Å². The number of amides is 1. The van der Waals surface area contributed by atoms with E-state index in [9.17, 15) is 4.79 Å². The molecule has 2 heterocycles. The van der Waals surface area contributed by atoms with Crippen molar-refractivity contribution in [3.8, 4) is 11.5 Å². The number of hydrogen-bond acceptors (Lipinski definition) is 5. The highest BCUT2D eigenvalue weighted by Crippen LogP contribution is 2.31. The molecule has 28 heavy (non-hydrogen) atoms. The van der Waals surface area contributed by atoms with E-state index in [4.69, 9.17) is 21.1 Å². The Bertz CT molecular complexity index is 991. The Morgan fingerprint density at radius 2 is 1.96 bits per heavy atom. The van der Waals surface area contributed by atoms with Gasteiger partial charge in [0.25, 0.3) is 5.91 Å². The number of fused-ring (bicyclic) bond motifs is 1. The minimum atomic E-state index is -0.248. The summed E-state index contributed by atoms with van der Waals surface area (Å²) < 4.78 is 13.2. The molecule has 0 saturated carbocycles. The maximum absolute atomic E-state index is 12.7. The third kappa shape index (κ3) is 3.94. The molecule has 1 amide bonds. The number of ether oxygens (including phenoxy) is 2. The Hall–Kier alpha value is -3.06. The predicted molar refractivity (Wildman–Crippen MR) is 104 cm³/mol. The van der Waals surface area contributed by atoms with Crippen molar-refractivity contribution in [2.75, 3.05) is 20.2 Å². The van der Waals surface area contributed by atoms with Gasteiger partial charge in [0, 0.05) is 12.1 Å². The monoisotopic (exact) mass is 398 g/mol. The van der Waals surface area contributed by atoms with E-state index in [-0.39, 0.29) is 17.7 Å². The molecule has 1 aromatic heterocycles. The number of rotatable bonds is 5. The highest BCUT2D eigenvalue weighted by Gasteiger charge is 2.25. The topological polar surface area (TPSA) is 69.5 Å². The van der Waals surface area contributed by atoms with Gasteiger partial charge in [0.05, 0.1) is 19.3 Å². The summed E-state index contributed by atoms with van der Waals surface area (Å²) in [6, 6.07) is 15.0. The molecule has 1 aliphatic rings. The van der Waals surface area contributed by atoms with Crippen molar-refractivity contribution < 1.29 is 14.3 Å². The van der Waals surface area contributed by atoms with Crippen molar-refractivity contribution in [2.24, 2.45) is 0 Å². The molecule has 0 fully saturated rings. The standard InChI is InChI=1S/C20H19ClN4O3/c1-24(11-15-13-27-18-8-4-5-9-19(18)28-15)20(26)17-12-25(23-22-17)10-14-6-2-3-7-16(14)21/h2-9,12,15H,10-11,13H2,1H3/t15-/m1/s1. The average Bonchev–Trinajstić information content (AvgIpc) is 3.17. The lowest BCUT2D eigenvalue weighted by molar-refractivity contribution is 0.0517. The zero-order valence-electron chi connectivity index (χ0n) is 15.3. The van der Waals surface area contributed by atoms with Gasteiger partial charge in [0.15, 0.2) is 23.3 Å². The quantitative estimate of drug-likeness (QED) is 0.661. The van der Waals surface area contributed by atoms with Gasteiger partial charge >= 0.3 is 0 Å². The molecule has 4 rings (SSSR count). The minimum absolute atomic E-state index is 0.229. The zero-order valence-corrected chi connectivity index (χ0v) is 16.0. The lowest BCUT2D eigenvalue weighted by Crippen LogP contribution is -2.41. The second-order valence-electron chi connectivity index (χ2n) is 6.58. The number of likely N-dealkylation sites (N-methyl/N-ethyl adjacent to an activating group) is 1. The van der Waals surface area contributed by atoms with Crippen LogP contribution in [0.2, 0.25) is 5.02 Å². The molecule has 8 heteroatoms. The fourth-order valence-electron chi connectivity index (χ4n) is 3.01. The Balaban J connectivity index is 1.38. The highest BCUT2D eigenvalue weighted by atomic mass is 35.5. The summed E-state index contributed by atoms with van der Waals surface area (Å²) in [4.78, 5) is 14.2. The SMILES string of the molecule is CN(C[C@@H]1COc2ccccc2O1)C(=O)c1cn(Cc2ccccc2Cl)nn1. The van der Waals surface area contributed by atoms with Crippen LogP contribution in [0.5, 0.6) is 11.5 Å². The fraction of sp³-hybridized carbons (Fsp3) is 0.250. The van der Waals surface area contributed by atoms with Crippen LogP contribution in [-0.2, 0) is 6.54 Å². The van der Waals surface area contributed by atoms with Crippen LogP contribution < -0.4 is 9.47 Å². The van der Waals surface area contributed by atoms with Gasteiger partial charge in [-0.2, -0.15) is 0 Å². The number of aromatic nitrogens is 3. The molecular formula is C20H19ClN4O3. The van der Waals surface area contributed by atoms with Gasteiger partial charge in [-0.1, -0.05) is 47.1 Å². The van der Waals surface area contributed by atoms with E-state index in [0.717, 1.165) is 11.3 Å². The zero-order chi connectivity index (χ0) is 19.5. The van der Waals surface area contributed by atoms with Crippen molar-refractivity contribution in [1.82, 2.24) is 19.9 Å². The second kappa shape index (κ2) is 7.90. The van der Waals surface area contributed by atoms with Gasteiger partial charge in [0.1, 0.15) is 6.61 Å². The number of hydrogen-bond donors (Lipinski definition) is 0. The summed E-state index contributed by atoms with van der Waals surface area (Å²) >= 11 is 6.18. The van der Waals surface area contributed by atoms with E-state index in [1.165, 1.54) is 0 Å². The first-order valence-electron chi connectivity index (χ1n) is 8.87. The number of benzene rings is 2. The molecule has 7 nitrogen and oxygen atoms in total. The summed E-state index contributed by atoms with van der Waals surface area (Å²) in [7, 11) is 1.71. The number of carbonyl (C=O) groups is 1. The van der Waals surface area contributed by atoms with Crippen molar-refractivity contribution in [1.29, 1.82) is 0 Å². The molecular weight excluding hydrogens is 380 g/mol. The molecule has 2 aromatic carbocycles. The van der Waals surface area contributed by atoms with E-state index < -0.39 is 0 Å². The summed E-state index contributed by atoms with van der Waals surface area (Å²) in [6.07, 6.45) is 1.37. The summed E-state index contributed by atoms with van der Waals surface area (Å²) in [5.74, 6) is 1.17. The van der Waals surface area contributed by atoms with Crippen molar-refractivity contribution >= 4 is 17.5 Å². The first-order chi connectivity index (χ1) is 13.6. The lowest BCUT2D eigenvalue weighted by atomic mass is 10.2. The van der Waals surface area contributed by atoms with E-state index in [0.29, 0.717) is 30.5 Å². The van der Waals surface area contributed by atoms with Crippen LogP contribution >= 0.6 is 11.6 Å². The molecule has 1 aliphatic heterocycles. The Kier molecular flexibility index (Phi) is 5.16. The van der Waals surface area contributed by atoms with Gasteiger partial charge in [-0.05, 0) is 23.8 Å². The van der Waals surface area contributed by atoms with Crippen LogP contribution in [-0.4, -0.2) is 52.1 Å². The van der Waals surface area contributed by atoms with Crippen LogP contribution in [0.3, 0.4) is 0 Å². The van der Waals surface area contributed by atoms with Crippen LogP contribution in [0, 0.1) is 0 Å². The number of halogens is 1. The van der Waals surface area contributed by atoms with Crippen molar-refractivity contribution in [3.05, 3.63) is 71.0 Å². The third-order valence-corrected chi connectivity index (χ3v) is 4.81. The maximum atomic E-state index is 12.7. The van der Waals surface area contributed by atoms with Crippen molar-refractivity contribution in [3.63, 3.8) is 0 Å². The summed E-state index contributed by atoms with van der Waals surface area (Å²) in [5.41, 5.74) is 1.18. The van der Waals surface area contributed by atoms with Crippen molar-refractivity contribution in [2.45, 2.75) is 12.6 Å². The summed E-state index contributed by atoms with van der Waals surface area (Å²) in [6.45, 7) is 1.21. The van der Waals surface area contributed by atoms with Gasteiger partial charge in [-0.3, -0.25) is 4.79 Å². The van der Waals surface area contributed by atoms with Crippen LogP contribution in [0.25, 0.3) is 0 Å². The molecule has 0 spiro atoms. The molecule has 0 N–H and O–H groups in total. The van der Waals surface area contributed by atoms with Gasteiger partial charge < -0.3 is 14.4 Å². The minimum Gasteiger partial charge on any atom is -0.486 e. The third-order valence-electron chi connectivity index (χ3n) is 4.44. The predicted octanol–water partition coefficient (Wildman–Crippen LogP) is 2.89. The van der Waals surface area contributed by atoms with Crippen LogP contribution in [0.1, 0.15) is 16.1 Å². The molecule has 0 unspecified atom stereocenters. The number of nitrogens with zero attached hydrogens (tertiary/aromatic N) is 4. The van der Waals surface area contributed by atoms with E-state index in [2.05, 4.69) is 10.3 Å². The molecule has 0 radical (unpaired) electrons. The maximum Gasteiger partial charge on any atom is 0.275 e. The van der Waals surface area contributed by atoms with E-state index in [1.54, 1.807) is 22.8 Å². The Morgan fingerprint density at radius 3 is 2.79 bits per heavy atom. The molecule has 0 aliphatic carbocycles. The number of carbonyl (C=O) groups excluding carboxylic acids is 1. The normalized spacial score (nSPS) is 15.3. The van der Waals surface area contributed by atoms with E-state index in [1.807, 2.05) is 48.5 Å². The highest BCUT2D eigenvalue weighted by molar-refractivity contribution is 6.31. The fourth-order valence-corrected chi connectivity index (χ4v) is 3.21.